The van der Waals surface area contributed by atoms with Crippen LogP contribution in [0.1, 0.15) is 17.2 Å². The molecule has 5 rings (SSSR count). The van der Waals surface area contributed by atoms with Crippen LogP contribution >= 0.6 is 11.6 Å². The van der Waals surface area contributed by atoms with Gasteiger partial charge in [0.1, 0.15) is 5.92 Å². The number of hydrogen-bond donors (Lipinski definition) is 0. The van der Waals surface area contributed by atoms with Crippen molar-refractivity contribution in [1.82, 2.24) is 0 Å². The lowest BCUT2D eigenvalue weighted by Gasteiger charge is -2.28. The van der Waals surface area contributed by atoms with Crippen molar-refractivity contribution in [1.29, 1.82) is 0 Å². The van der Waals surface area contributed by atoms with Gasteiger partial charge >= 0.3 is 0 Å². The summed E-state index contributed by atoms with van der Waals surface area (Å²) < 4.78 is 0. The minimum absolute atomic E-state index is 0.267. The van der Waals surface area contributed by atoms with Crippen LogP contribution in [0, 0.1) is 12.8 Å². The predicted octanol–water partition coefficient (Wildman–Crippen LogP) is 4.70. The first kappa shape index (κ1) is 18.9. The number of aryl methyl sites for hydroxylation is 1. The number of imide groups is 1. The zero-order valence-corrected chi connectivity index (χ0v) is 17.0. The minimum Gasteiger partial charge on any atom is -0.273 e. The van der Waals surface area contributed by atoms with Crippen molar-refractivity contribution in [2.24, 2.45) is 5.92 Å². The molecule has 2 amide bonds. The summed E-state index contributed by atoms with van der Waals surface area (Å²) in [5.74, 6) is -1.27. The van der Waals surface area contributed by atoms with Gasteiger partial charge in [-0.3, -0.25) is 14.4 Å². The van der Waals surface area contributed by atoms with Gasteiger partial charge in [-0.2, -0.15) is 0 Å². The normalized spacial score (nSPS) is 23.2. The first-order valence-electron chi connectivity index (χ1n) is 9.75. The summed E-state index contributed by atoms with van der Waals surface area (Å²) in [6, 6.07) is 23.8. The number of anilines is 2. The number of halogens is 1. The summed E-state index contributed by atoms with van der Waals surface area (Å²) in [7, 11) is 0. The van der Waals surface area contributed by atoms with Gasteiger partial charge in [-0.25, -0.2) is 9.96 Å². The standard InChI is InChI=1S/C24H19ClN2O3/c1-15-7-9-16(10-8-15)21-20-22(30-27(21)19-5-3-2-4-6-19)24(29)26(23(20)28)18-13-11-17(25)12-14-18/h2-14,20-22H,1H3/t20-,21-,22-/m0/s1. The zero-order valence-electron chi connectivity index (χ0n) is 16.2. The van der Waals surface area contributed by atoms with Crippen molar-refractivity contribution in [2.75, 3.05) is 9.96 Å². The predicted molar refractivity (Wildman–Crippen MR) is 115 cm³/mol. The lowest BCUT2D eigenvalue weighted by molar-refractivity contribution is -0.126. The molecule has 0 radical (unpaired) electrons. The van der Waals surface area contributed by atoms with Crippen LogP contribution in [0.5, 0.6) is 0 Å². The number of hydrogen-bond acceptors (Lipinski definition) is 4. The Balaban J connectivity index is 1.58. The summed E-state index contributed by atoms with van der Waals surface area (Å²) >= 11 is 5.97. The maximum Gasteiger partial charge on any atom is 0.266 e. The van der Waals surface area contributed by atoms with E-state index >= 15 is 0 Å². The maximum absolute atomic E-state index is 13.5. The highest BCUT2D eigenvalue weighted by atomic mass is 35.5. The van der Waals surface area contributed by atoms with Gasteiger partial charge in [0.15, 0.2) is 6.10 Å². The number of carbonyl (C=O) groups excluding carboxylic acids is 2. The number of amides is 2. The van der Waals surface area contributed by atoms with Crippen molar-refractivity contribution in [3.8, 4) is 0 Å². The highest BCUT2D eigenvalue weighted by Crippen LogP contribution is 2.47. The molecule has 2 fully saturated rings. The highest BCUT2D eigenvalue weighted by molar-refractivity contribution is 6.31. The molecule has 150 valence electrons. The van der Waals surface area contributed by atoms with Gasteiger partial charge in [-0.05, 0) is 48.9 Å². The molecule has 2 heterocycles. The molecule has 3 aromatic carbocycles. The van der Waals surface area contributed by atoms with E-state index in [0.29, 0.717) is 10.7 Å². The average Bonchev–Trinajstić information content (AvgIpc) is 3.27. The van der Waals surface area contributed by atoms with Gasteiger partial charge < -0.3 is 0 Å². The fourth-order valence-electron chi connectivity index (χ4n) is 4.16. The van der Waals surface area contributed by atoms with Crippen LogP contribution in [-0.2, 0) is 14.4 Å². The highest BCUT2D eigenvalue weighted by Gasteiger charge is 2.60. The first-order valence-corrected chi connectivity index (χ1v) is 10.1. The van der Waals surface area contributed by atoms with Crippen LogP contribution in [0.3, 0.4) is 0 Å². The number of para-hydroxylation sites is 1. The number of fused-ring (bicyclic) bond motifs is 1. The number of carbonyl (C=O) groups is 2. The second-order valence-corrected chi connectivity index (χ2v) is 7.99. The van der Waals surface area contributed by atoms with Gasteiger partial charge in [-0.1, -0.05) is 59.6 Å². The Bertz CT molecular complexity index is 1100. The summed E-state index contributed by atoms with van der Waals surface area (Å²) in [4.78, 5) is 34.0. The van der Waals surface area contributed by atoms with Crippen LogP contribution in [-0.4, -0.2) is 17.9 Å². The minimum atomic E-state index is -0.875. The molecule has 5 nitrogen and oxygen atoms in total. The lowest BCUT2D eigenvalue weighted by Crippen LogP contribution is -2.37. The molecule has 30 heavy (non-hydrogen) atoms. The van der Waals surface area contributed by atoms with Gasteiger partial charge in [0.05, 0.1) is 17.4 Å². The third-order valence-electron chi connectivity index (χ3n) is 5.63. The topological polar surface area (TPSA) is 49.9 Å². The van der Waals surface area contributed by atoms with Gasteiger partial charge in [0, 0.05) is 5.02 Å². The molecule has 3 aromatic rings. The Labute approximate surface area is 179 Å². The molecular weight excluding hydrogens is 400 g/mol. The third kappa shape index (κ3) is 2.98. The van der Waals surface area contributed by atoms with Crippen molar-refractivity contribution in [3.63, 3.8) is 0 Å². The molecule has 0 N–H and O–H groups in total. The SMILES string of the molecule is Cc1ccc([C@H]2[C@@H]3C(=O)N(c4ccc(Cl)cc4)C(=O)[C@H]3ON2c2ccccc2)cc1. The fourth-order valence-corrected chi connectivity index (χ4v) is 4.29. The molecule has 0 aliphatic carbocycles. The van der Waals surface area contributed by atoms with Crippen LogP contribution in [0.25, 0.3) is 0 Å². The van der Waals surface area contributed by atoms with Gasteiger partial charge in [-0.15, -0.1) is 0 Å². The van der Waals surface area contributed by atoms with E-state index in [0.717, 1.165) is 16.8 Å². The smallest absolute Gasteiger partial charge is 0.266 e. The maximum atomic E-state index is 13.5. The van der Waals surface area contributed by atoms with Gasteiger partial charge in [0.25, 0.3) is 5.91 Å². The molecule has 2 saturated heterocycles. The molecule has 0 aromatic heterocycles. The first-order chi connectivity index (χ1) is 14.5. The Morgan fingerprint density at radius 1 is 0.800 bits per heavy atom. The van der Waals surface area contributed by atoms with E-state index < -0.39 is 18.1 Å². The number of nitrogens with zero attached hydrogens (tertiary/aromatic N) is 2. The summed E-state index contributed by atoms with van der Waals surface area (Å²) in [6.45, 7) is 2.01. The largest absolute Gasteiger partial charge is 0.273 e. The van der Waals surface area contributed by atoms with E-state index in [4.69, 9.17) is 16.4 Å². The van der Waals surface area contributed by atoms with Crippen LogP contribution in [0.4, 0.5) is 11.4 Å². The van der Waals surface area contributed by atoms with Crippen LogP contribution < -0.4 is 9.96 Å². The van der Waals surface area contributed by atoms with E-state index in [1.165, 1.54) is 4.90 Å². The van der Waals surface area contributed by atoms with Crippen molar-refractivity contribution in [3.05, 3.63) is 95.0 Å². The number of hydroxylamine groups is 1. The zero-order chi connectivity index (χ0) is 20.8. The number of rotatable bonds is 3. The van der Waals surface area contributed by atoms with Gasteiger partial charge in [0.2, 0.25) is 5.91 Å². The van der Waals surface area contributed by atoms with Crippen LogP contribution in [0.15, 0.2) is 78.9 Å². The third-order valence-corrected chi connectivity index (χ3v) is 5.88. The lowest BCUT2D eigenvalue weighted by atomic mass is 9.90. The average molecular weight is 419 g/mol. The Hall–Kier alpha value is -3.15. The van der Waals surface area contributed by atoms with E-state index in [1.807, 2.05) is 61.5 Å². The molecular formula is C24H19ClN2O3. The van der Waals surface area contributed by atoms with Crippen molar-refractivity contribution >= 4 is 34.8 Å². The van der Waals surface area contributed by atoms with E-state index in [2.05, 4.69) is 0 Å². The van der Waals surface area contributed by atoms with Crippen LogP contribution in [0.2, 0.25) is 5.02 Å². The Kier molecular flexibility index (Phi) is 4.57. The fraction of sp³-hybridized carbons (Fsp3) is 0.167. The molecule has 0 spiro atoms. The monoisotopic (exact) mass is 418 g/mol. The Morgan fingerprint density at radius 3 is 2.13 bits per heavy atom. The molecule has 6 heteroatoms. The van der Waals surface area contributed by atoms with Crippen molar-refractivity contribution in [2.45, 2.75) is 19.1 Å². The quantitative estimate of drug-likeness (QED) is 0.578. The second-order valence-electron chi connectivity index (χ2n) is 7.56. The summed E-state index contributed by atoms with van der Waals surface area (Å²) in [5.41, 5.74) is 3.35. The second kappa shape index (κ2) is 7.27. The molecule has 0 bridgehead atoms. The molecule has 3 atom stereocenters. The van der Waals surface area contributed by atoms with E-state index in [-0.39, 0.29) is 11.8 Å². The molecule has 0 saturated carbocycles. The van der Waals surface area contributed by atoms with Crippen molar-refractivity contribution < 1.29 is 14.4 Å². The summed E-state index contributed by atoms with van der Waals surface area (Å²) in [5, 5.41) is 2.25. The molecule has 2 aliphatic heterocycles. The Morgan fingerprint density at radius 2 is 1.47 bits per heavy atom. The van der Waals surface area contributed by atoms with E-state index in [1.54, 1.807) is 29.3 Å². The number of benzene rings is 3. The molecule has 0 unspecified atom stereocenters. The summed E-state index contributed by atoms with van der Waals surface area (Å²) in [6.07, 6.45) is -0.875. The van der Waals surface area contributed by atoms with E-state index in [9.17, 15) is 9.59 Å². The molecule has 2 aliphatic rings.